The summed E-state index contributed by atoms with van der Waals surface area (Å²) in [5.41, 5.74) is 1.20. The molecule has 1 unspecified atom stereocenters. The van der Waals surface area contributed by atoms with Crippen molar-refractivity contribution in [2.75, 3.05) is 50.8 Å². The molecule has 6 nitrogen and oxygen atoms in total. The zero-order chi connectivity index (χ0) is 17.6. The molecule has 1 aromatic carbocycles. The van der Waals surface area contributed by atoms with Gasteiger partial charge in [-0.3, -0.25) is 4.79 Å². The number of para-hydroxylation sites is 1. The van der Waals surface area contributed by atoms with Crippen molar-refractivity contribution >= 4 is 17.7 Å². The standard InChI is InChI=1S/C19H27N3O3/c1-2-25-18(23)16-7-6-10-22(15-16)19(24)21-13-11-20(12-14-21)17-8-4-3-5-9-17/h3-5,8-9,16H,2,6-7,10-15H2,1H3. The number of piperazine rings is 1. The number of amides is 2. The van der Waals surface area contributed by atoms with Crippen LogP contribution in [-0.4, -0.2) is 67.7 Å². The summed E-state index contributed by atoms with van der Waals surface area (Å²) in [5, 5.41) is 0. The largest absolute Gasteiger partial charge is 0.466 e. The summed E-state index contributed by atoms with van der Waals surface area (Å²) in [6.07, 6.45) is 1.67. The lowest BCUT2D eigenvalue weighted by atomic mass is 9.98. The van der Waals surface area contributed by atoms with Crippen molar-refractivity contribution in [2.24, 2.45) is 5.92 Å². The van der Waals surface area contributed by atoms with Crippen LogP contribution >= 0.6 is 0 Å². The van der Waals surface area contributed by atoms with E-state index in [-0.39, 0.29) is 17.9 Å². The summed E-state index contributed by atoms with van der Waals surface area (Å²) in [4.78, 5) is 30.8. The summed E-state index contributed by atoms with van der Waals surface area (Å²) in [7, 11) is 0. The average Bonchev–Trinajstić information content (AvgIpc) is 2.68. The number of esters is 1. The van der Waals surface area contributed by atoms with Gasteiger partial charge in [0.05, 0.1) is 12.5 Å². The zero-order valence-electron chi connectivity index (χ0n) is 14.9. The first-order chi connectivity index (χ1) is 12.2. The lowest BCUT2D eigenvalue weighted by molar-refractivity contribution is -0.149. The first-order valence-corrected chi connectivity index (χ1v) is 9.19. The molecular weight excluding hydrogens is 318 g/mol. The van der Waals surface area contributed by atoms with Gasteiger partial charge in [-0.1, -0.05) is 18.2 Å². The molecule has 2 fully saturated rings. The highest BCUT2D eigenvalue weighted by Gasteiger charge is 2.32. The van der Waals surface area contributed by atoms with Gasteiger partial charge < -0.3 is 19.4 Å². The molecule has 0 aliphatic carbocycles. The lowest BCUT2D eigenvalue weighted by Crippen LogP contribution is -2.55. The van der Waals surface area contributed by atoms with Crippen molar-refractivity contribution in [1.82, 2.24) is 9.80 Å². The minimum atomic E-state index is -0.178. The fourth-order valence-corrected chi connectivity index (χ4v) is 3.60. The van der Waals surface area contributed by atoms with Crippen molar-refractivity contribution in [2.45, 2.75) is 19.8 Å². The lowest BCUT2D eigenvalue weighted by Gasteiger charge is -2.40. The molecule has 25 heavy (non-hydrogen) atoms. The predicted octanol–water partition coefficient (Wildman–Crippen LogP) is 2.20. The molecule has 0 radical (unpaired) electrons. The van der Waals surface area contributed by atoms with Gasteiger partial charge in [0.15, 0.2) is 0 Å². The Hall–Kier alpha value is -2.24. The number of ether oxygens (including phenoxy) is 1. The molecule has 1 aromatic rings. The van der Waals surface area contributed by atoms with Gasteiger partial charge in [0.1, 0.15) is 0 Å². The third kappa shape index (κ3) is 4.24. The van der Waals surface area contributed by atoms with E-state index in [0.29, 0.717) is 26.2 Å². The van der Waals surface area contributed by atoms with Crippen LogP contribution in [0, 0.1) is 5.92 Å². The van der Waals surface area contributed by atoms with Gasteiger partial charge in [0.2, 0.25) is 0 Å². The highest BCUT2D eigenvalue weighted by atomic mass is 16.5. The van der Waals surface area contributed by atoms with Gasteiger partial charge in [0.25, 0.3) is 0 Å². The Morgan fingerprint density at radius 1 is 1.04 bits per heavy atom. The summed E-state index contributed by atoms with van der Waals surface area (Å²) in [5.74, 6) is -0.350. The number of anilines is 1. The maximum Gasteiger partial charge on any atom is 0.320 e. The predicted molar refractivity (Wildman–Crippen MR) is 96.6 cm³/mol. The van der Waals surface area contributed by atoms with Crippen LogP contribution in [0.25, 0.3) is 0 Å². The van der Waals surface area contributed by atoms with Crippen LogP contribution in [0.4, 0.5) is 10.5 Å². The van der Waals surface area contributed by atoms with E-state index in [4.69, 9.17) is 4.74 Å². The molecule has 0 bridgehead atoms. The van der Waals surface area contributed by atoms with Crippen LogP contribution in [0.2, 0.25) is 0 Å². The van der Waals surface area contributed by atoms with Gasteiger partial charge in [0, 0.05) is 45.0 Å². The van der Waals surface area contributed by atoms with E-state index in [9.17, 15) is 9.59 Å². The second kappa shape index (κ2) is 8.23. The first-order valence-electron chi connectivity index (χ1n) is 9.19. The molecule has 2 amide bonds. The number of hydrogen-bond donors (Lipinski definition) is 0. The van der Waals surface area contributed by atoms with E-state index >= 15 is 0 Å². The molecule has 136 valence electrons. The van der Waals surface area contributed by atoms with Crippen molar-refractivity contribution in [3.8, 4) is 0 Å². The van der Waals surface area contributed by atoms with Gasteiger partial charge >= 0.3 is 12.0 Å². The van der Waals surface area contributed by atoms with Crippen molar-refractivity contribution < 1.29 is 14.3 Å². The van der Waals surface area contributed by atoms with Crippen LogP contribution in [0.5, 0.6) is 0 Å². The minimum absolute atomic E-state index is 0.0571. The molecule has 6 heteroatoms. The highest BCUT2D eigenvalue weighted by molar-refractivity contribution is 5.77. The number of carbonyl (C=O) groups excluding carboxylic acids is 2. The average molecular weight is 345 g/mol. The second-order valence-electron chi connectivity index (χ2n) is 6.63. The Morgan fingerprint density at radius 3 is 2.44 bits per heavy atom. The number of nitrogens with zero attached hydrogens (tertiary/aromatic N) is 3. The molecule has 2 aliphatic rings. The molecule has 0 spiro atoms. The Bertz CT molecular complexity index is 585. The normalized spacial score (nSPS) is 21.2. The van der Waals surface area contributed by atoms with E-state index in [1.54, 1.807) is 0 Å². The summed E-state index contributed by atoms with van der Waals surface area (Å²) < 4.78 is 5.12. The highest BCUT2D eigenvalue weighted by Crippen LogP contribution is 2.21. The third-order valence-corrected chi connectivity index (χ3v) is 4.98. The van der Waals surface area contributed by atoms with Crippen LogP contribution in [0.1, 0.15) is 19.8 Å². The molecule has 2 heterocycles. The van der Waals surface area contributed by atoms with E-state index in [0.717, 1.165) is 32.5 Å². The Kier molecular flexibility index (Phi) is 5.79. The second-order valence-corrected chi connectivity index (χ2v) is 6.63. The molecule has 2 aliphatic heterocycles. The van der Waals surface area contributed by atoms with Crippen LogP contribution in [0.15, 0.2) is 30.3 Å². The molecule has 0 N–H and O–H groups in total. The van der Waals surface area contributed by atoms with Crippen LogP contribution in [-0.2, 0) is 9.53 Å². The minimum Gasteiger partial charge on any atom is -0.466 e. The van der Waals surface area contributed by atoms with Gasteiger partial charge in [-0.2, -0.15) is 0 Å². The number of urea groups is 1. The van der Waals surface area contributed by atoms with Crippen LogP contribution < -0.4 is 4.90 Å². The number of benzene rings is 1. The number of hydrogen-bond acceptors (Lipinski definition) is 4. The monoisotopic (exact) mass is 345 g/mol. The number of carbonyl (C=O) groups is 2. The molecule has 3 rings (SSSR count). The van der Waals surface area contributed by atoms with Gasteiger partial charge in [-0.15, -0.1) is 0 Å². The van der Waals surface area contributed by atoms with E-state index < -0.39 is 0 Å². The van der Waals surface area contributed by atoms with E-state index in [2.05, 4.69) is 17.0 Å². The Labute approximate surface area is 149 Å². The van der Waals surface area contributed by atoms with Gasteiger partial charge in [-0.05, 0) is 31.9 Å². The first kappa shape index (κ1) is 17.6. The third-order valence-electron chi connectivity index (χ3n) is 4.98. The Morgan fingerprint density at radius 2 is 1.76 bits per heavy atom. The molecule has 2 saturated heterocycles. The number of rotatable bonds is 3. The smallest absolute Gasteiger partial charge is 0.320 e. The summed E-state index contributed by atoms with van der Waals surface area (Å²) in [6, 6.07) is 10.4. The van der Waals surface area contributed by atoms with E-state index in [1.165, 1.54) is 5.69 Å². The molecule has 0 aromatic heterocycles. The SMILES string of the molecule is CCOC(=O)C1CCCN(C(=O)N2CCN(c3ccccc3)CC2)C1. The zero-order valence-corrected chi connectivity index (χ0v) is 14.9. The summed E-state index contributed by atoms with van der Waals surface area (Å²) in [6.45, 7) is 6.53. The molecular formula is C19H27N3O3. The maximum absolute atomic E-state index is 12.8. The molecule has 0 saturated carbocycles. The number of piperidine rings is 1. The number of likely N-dealkylation sites (tertiary alicyclic amines) is 1. The summed E-state index contributed by atoms with van der Waals surface area (Å²) >= 11 is 0. The topological polar surface area (TPSA) is 53.1 Å². The maximum atomic E-state index is 12.8. The fraction of sp³-hybridized carbons (Fsp3) is 0.579. The van der Waals surface area contributed by atoms with Crippen molar-refractivity contribution in [3.05, 3.63) is 30.3 Å². The van der Waals surface area contributed by atoms with E-state index in [1.807, 2.05) is 34.9 Å². The van der Waals surface area contributed by atoms with Crippen molar-refractivity contribution in [3.63, 3.8) is 0 Å². The van der Waals surface area contributed by atoms with Gasteiger partial charge in [-0.25, -0.2) is 4.79 Å². The van der Waals surface area contributed by atoms with Crippen LogP contribution in [0.3, 0.4) is 0 Å². The fourth-order valence-electron chi connectivity index (χ4n) is 3.60. The molecule has 1 atom stereocenters. The Balaban J connectivity index is 1.53. The quantitative estimate of drug-likeness (QED) is 0.788. The van der Waals surface area contributed by atoms with Crippen molar-refractivity contribution in [1.29, 1.82) is 0 Å².